The number of carbonyl (C=O) groups is 3. The van der Waals surface area contributed by atoms with Crippen LogP contribution in [0.3, 0.4) is 0 Å². The topological polar surface area (TPSA) is 126 Å². The van der Waals surface area contributed by atoms with Gasteiger partial charge in [0.1, 0.15) is 17.6 Å². The van der Waals surface area contributed by atoms with Gasteiger partial charge in [-0.05, 0) is 30.0 Å². The van der Waals surface area contributed by atoms with Gasteiger partial charge in [-0.25, -0.2) is 9.59 Å². The van der Waals surface area contributed by atoms with E-state index < -0.39 is 17.5 Å². The number of esters is 2. The smallest absolute Gasteiger partial charge is 0.338 e. The van der Waals surface area contributed by atoms with Crippen molar-refractivity contribution in [3.8, 4) is 0 Å². The Bertz CT molecular complexity index is 1020. The molecule has 8 nitrogen and oxygen atoms in total. The molecule has 1 atom stereocenters. The standard InChI is InChI=1S/C23H29NO7/c1-5-29-20(27)23(24,21(28)30-14-22(2,3)4)13-15-8-9-19-17(11-15)18(26)12-16(31-19)7-6-10-25/h8-12H,5-7,13-14,24H2,1-4H3/t23-/m0/s1. The second-order valence-electron chi connectivity index (χ2n) is 8.62. The zero-order valence-corrected chi connectivity index (χ0v) is 18.4. The van der Waals surface area contributed by atoms with Crippen LogP contribution in [0.25, 0.3) is 11.0 Å². The molecular formula is C23H29NO7. The minimum atomic E-state index is -2.06. The first kappa shape index (κ1) is 24.3. The number of aldehydes is 1. The fourth-order valence-corrected chi connectivity index (χ4v) is 2.91. The van der Waals surface area contributed by atoms with Crippen LogP contribution in [0.15, 0.2) is 33.5 Å². The Balaban J connectivity index is 2.37. The second-order valence-corrected chi connectivity index (χ2v) is 8.62. The van der Waals surface area contributed by atoms with Gasteiger partial charge < -0.3 is 24.4 Å². The largest absolute Gasteiger partial charge is 0.464 e. The Kier molecular flexibility index (Phi) is 7.73. The number of ether oxygens (including phenoxy) is 2. The lowest BCUT2D eigenvalue weighted by Gasteiger charge is -2.27. The molecule has 0 fully saturated rings. The van der Waals surface area contributed by atoms with E-state index in [-0.39, 0.29) is 42.3 Å². The molecule has 0 saturated carbocycles. The monoisotopic (exact) mass is 431 g/mol. The molecule has 168 valence electrons. The molecule has 1 heterocycles. The molecular weight excluding hydrogens is 402 g/mol. The van der Waals surface area contributed by atoms with E-state index in [1.165, 1.54) is 12.1 Å². The van der Waals surface area contributed by atoms with Gasteiger partial charge in [0.05, 0.1) is 18.6 Å². The van der Waals surface area contributed by atoms with Crippen molar-refractivity contribution in [1.82, 2.24) is 0 Å². The summed E-state index contributed by atoms with van der Waals surface area (Å²) < 4.78 is 16.0. The molecule has 1 aromatic carbocycles. The highest BCUT2D eigenvalue weighted by molar-refractivity contribution is 6.05. The minimum Gasteiger partial charge on any atom is -0.464 e. The van der Waals surface area contributed by atoms with Crippen molar-refractivity contribution in [3.63, 3.8) is 0 Å². The van der Waals surface area contributed by atoms with Crippen LogP contribution in [0.4, 0.5) is 0 Å². The molecule has 2 N–H and O–H groups in total. The van der Waals surface area contributed by atoms with Gasteiger partial charge in [-0.2, -0.15) is 0 Å². The average molecular weight is 431 g/mol. The Morgan fingerprint density at radius 2 is 1.81 bits per heavy atom. The Morgan fingerprint density at radius 3 is 2.42 bits per heavy atom. The summed E-state index contributed by atoms with van der Waals surface area (Å²) in [6, 6.07) is 6.05. The highest BCUT2D eigenvalue weighted by atomic mass is 16.6. The molecule has 0 aliphatic heterocycles. The SMILES string of the molecule is CCOC(=O)[C@@](N)(Cc1ccc2oc(CCC=O)cc(=O)c2c1)C(=O)OCC(C)(C)C. The molecule has 1 aromatic heterocycles. The van der Waals surface area contributed by atoms with E-state index in [0.717, 1.165) is 6.29 Å². The molecule has 0 spiro atoms. The fourth-order valence-electron chi connectivity index (χ4n) is 2.91. The Labute approximate surface area is 180 Å². The summed E-state index contributed by atoms with van der Waals surface area (Å²) in [5.41, 5.74) is 4.36. The van der Waals surface area contributed by atoms with Gasteiger partial charge in [0.2, 0.25) is 5.54 Å². The molecule has 0 aliphatic carbocycles. The lowest BCUT2D eigenvalue weighted by atomic mass is 9.91. The molecule has 0 radical (unpaired) electrons. The summed E-state index contributed by atoms with van der Waals surface area (Å²) in [5.74, 6) is -1.38. The quantitative estimate of drug-likeness (QED) is 0.364. The summed E-state index contributed by atoms with van der Waals surface area (Å²) in [4.78, 5) is 48.4. The first-order valence-electron chi connectivity index (χ1n) is 10.1. The number of aryl methyl sites for hydroxylation is 1. The fraction of sp³-hybridized carbons (Fsp3) is 0.478. The maximum absolute atomic E-state index is 12.8. The van der Waals surface area contributed by atoms with Crippen LogP contribution in [0.5, 0.6) is 0 Å². The van der Waals surface area contributed by atoms with Crippen molar-refractivity contribution in [2.75, 3.05) is 13.2 Å². The Morgan fingerprint density at radius 1 is 1.13 bits per heavy atom. The van der Waals surface area contributed by atoms with Crippen LogP contribution >= 0.6 is 0 Å². The van der Waals surface area contributed by atoms with Crippen molar-refractivity contribution in [2.24, 2.45) is 11.1 Å². The second kappa shape index (κ2) is 9.87. The van der Waals surface area contributed by atoms with Crippen molar-refractivity contribution >= 4 is 29.2 Å². The maximum Gasteiger partial charge on any atom is 0.338 e. The molecule has 0 saturated heterocycles. The van der Waals surface area contributed by atoms with Gasteiger partial charge in [0.25, 0.3) is 0 Å². The van der Waals surface area contributed by atoms with Gasteiger partial charge in [0, 0.05) is 25.3 Å². The predicted molar refractivity (Wildman–Crippen MR) is 115 cm³/mol. The molecule has 0 aliphatic rings. The van der Waals surface area contributed by atoms with Gasteiger partial charge in [-0.3, -0.25) is 4.79 Å². The van der Waals surface area contributed by atoms with Gasteiger partial charge in [-0.1, -0.05) is 26.8 Å². The summed E-state index contributed by atoms with van der Waals surface area (Å²) >= 11 is 0. The summed E-state index contributed by atoms with van der Waals surface area (Å²) in [6.07, 6.45) is 1.11. The number of fused-ring (bicyclic) bond motifs is 1. The van der Waals surface area contributed by atoms with E-state index in [9.17, 15) is 19.2 Å². The number of benzene rings is 1. The van der Waals surface area contributed by atoms with Crippen LogP contribution < -0.4 is 11.2 Å². The maximum atomic E-state index is 12.8. The molecule has 31 heavy (non-hydrogen) atoms. The van der Waals surface area contributed by atoms with Crippen molar-refractivity contribution in [3.05, 3.63) is 45.8 Å². The zero-order valence-electron chi connectivity index (χ0n) is 18.4. The van der Waals surface area contributed by atoms with E-state index in [2.05, 4.69) is 0 Å². The molecule has 2 aromatic rings. The number of rotatable bonds is 9. The van der Waals surface area contributed by atoms with Crippen LogP contribution in [0, 0.1) is 5.41 Å². The van der Waals surface area contributed by atoms with E-state index in [0.29, 0.717) is 23.3 Å². The summed E-state index contributed by atoms with van der Waals surface area (Å²) in [5, 5.41) is 0.279. The minimum absolute atomic E-state index is 0.0508. The Hall–Kier alpha value is -3.00. The van der Waals surface area contributed by atoms with Gasteiger partial charge >= 0.3 is 11.9 Å². The van der Waals surface area contributed by atoms with Crippen molar-refractivity contribution < 1.29 is 28.3 Å². The van der Waals surface area contributed by atoms with E-state index in [1.807, 2.05) is 20.8 Å². The van der Waals surface area contributed by atoms with Crippen LogP contribution in [-0.4, -0.2) is 37.0 Å². The van der Waals surface area contributed by atoms with Crippen LogP contribution in [0.2, 0.25) is 0 Å². The van der Waals surface area contributed by atoms with E-state index in [4.69, 9.17) is 19.6 Å². The van der Waals surface area contributed by atoms with E-state index >= 15 is 0 Å². The van der Waals surface area contributed by atoms with Gasteiger partial charge in [-0.15, -0.1) is 0 Å². The number of carbonyl (C=O) groups excluding carboxylic acids is 3. The molecule has 8 heteroatoms. The van der Waals surface area contributed by atoms with Crippen LogP contribution in [-0.2, 0) is 36.7 Å². The first-order chi connectivity index (χ1) is 14.5. The first-order valence-corrected chi connectivity index (χ1v) is 10.1. The van der Waals surface area contributed by atoms with Crippen LogP contribution in [0.1, 0.15) is 45.4 Å². The third-order valence-electron chi connectivity index (χ3n) is 4.47. The summed E-state index contributed by atoms with van der Waals surface area (Å²) in [6.45, 7) is 7.39. The number of hydrogen-bond acceptors (Lipinski definition) is 8. The number of hydrogen-bond donors (Lipinski definition) is 1. The summed E-state index contributed by atoms with van der Waals surface area (Å²) in [7, 11) is 0. The highest BCUT2D eigenvalue weighted by Crippen LogP contribution is 2.22. The van der Waals surface area contributed by atoms with Gasteiger partial charge in [0.15, 0.2) is 5.43 Å². The molecule has 0 amide bonds. The third kappa shape index (κ3) is 6.24. The highest BCUT2D eigenvalue weighted by Gasteiger charge is 2.46. The lowest BCUT2D eigenvalue weighted by molar-refractivity contribution is -0.165. The van der Waals surface area contributed by atoms with Crippen molar-refractivity contribution in [1.29, 1.82) is 0 Å². The zero-order chi connectivity index (χ0) is 23.2. The van der Waals surface area contributed by atoms with Crippen molar-refractivity contribution in [2.45, 2.75) is 52.5 Å². The molecule has 0 unspecified atom stereocenters. The lowest BCUT2D eigenvalue weighted by Crippen LogP contribution is -2.58. The number of nitrogens with two attached hydrogens (primary N) is 1. The molecule has 2 rings (SSSR count). The molecule has 0 bridgehead atoms. The third-order valence-corrected chi connectivity index (χ3v) is 4.47. The van der Waals surface area contributed by atoms with E-state index in [1.54, 1.807) is 19.1 Å². The predicted octanol–water partition coefficient (Wildman–Crippen LogP) is 2.32. The normalized spacial score (nSPS) is 13.5. The average Bonchev–Trinajstić information content (AvgIpc) is 2.70.